The lowest BCUT2D eigenvalue weighted by Crippen LogP contribution is -2.25. The maximum absolute atomic E-state index is 13.5. The van der Waals surface area contributed by atoms with Crippen molar-refractivity contribution in [2.75, 3.05) is 6.54 Å². The molecule has 2 aromatic heterocycles. The first-order valence-electron chi connectivity index (χ1n) is 9.74. The molecule has 0 radical (unpaired) electrons. The average Bonchev–Trinajstić information content (AvgIpc) is 3.38. The van der Waals surface area contributed by atoms with E-state index in [1.54, 1.807) is 39.9 Å². The van der Waals surface area contributed by atoms with Crippen molar-refractivity contribution in [1.29, 1.82) is 0 Å². The SMILES string of the molecule is O=CN1C[C@@H]2C[C@@H](c3ccccc3C(F)(F)F)C[C@@H]2C1c1cn2nc(Cl)ccc2n1. The van der Waals surface area contributed by atoms with E-state index in [4.69, 9.17) is 11.6 Å². The lowest BCUT2D eigenvalue weighted by atomic mass is 9.89. The van der Waals surface area contributed by atoms with Crippen LogP contribution in [0.2, 0.25) is 5.15 Å². The summed E-state index contributed by atoms with van der Waals surface area (Å²) in [6.07, 6.45) is -0.617. The van der Waals surface area contributed by atoms with Gasteiger partial charge < -0.3 is 4.90 Å². The third kappa shape index (κ3) is 3.14. The summed E-state index contributed by atoms with van der Waals surface area (Å²) in [5, 5.41) is 4.52. The van der Waals surface area contributed by atoms with Gasteiger partial charge in [-0.1, -0.05) is 29.8 Å². The van der Waals surface area contributed by atoms with Gasteiger partial charge in [0.15, 0.2) is 5.65 Å². The van der Waals surface area contributed by atoms with Crippen LogP contribution >= 0.6 is 11.6 Å². The third-order valence-corrected chi connectivity index (χ3v) is 6.61. The van der Waals surface area contributed by atoms with E-state index in [1.807, 2.05) is 0 Å². The van der Waals surface area contributed by atoms with Crippen molar-refractivity contribution in [2.24, 2.45) is 11.8 Å². The number of fused-ring (bicyclic) bond motifs is 2. The second-order valence-corrected chi connectivity index (χ2v) is 8.44. The topological polar surface area (TPSA) is 50.5 Å². The van der Waals surface area contributed by atoms with Gasteiger partial charge in [-0.05, 0) is 54.4 Å². The Labute approximate surface area is 175 Å². The predicted molar refractivity (Wildman–Crippen MR) is 104 cm³/mol. The Morgan fingerprint density at radius 2 is 1.93 bits per heavy atom. The molecule has 9 heteroatoms. The Morgan fingerprint density at radius 3 is 2.70 bits per heavy atom. The summed E-state index contributed by atoms with van der Waals surface area (Å²) in [5.41, 5.74) is 1.08. The minimum Gasteiger partial charge on any atom is -0.336 e. The molecule has 5 nitrogen and oxygen atoms in total. The Hall–Kier alpha value is -2.61. The summed E-state index contributed by atoms with van der Waals surface area (Å²) in [5.74, 6) is -0.0200. The molecule has 3 heterocycles. The molecule has 3 aromatic rings. The van der Waals surface area contributed by atoms with E-state index in [2.05, 4.69) is 10.1 Å². The van der Waals surface area contributed by atoms with Gasteiger partial charge in [0.05, 0.1) is 23.5 Å². The summed E-state index contributed by atoms with van der Waals surface area (Å²) >= 11 is 5.95. The molecule has 1 aliphatic heterocycles. The van der Waals surface area contributed by atoms with Crippen LogP contribution in [0.15, 0.2) is 42.6 Å². The number of carbonyl (C=O) groups is 1. The maximum atomic E-state index is 13.5. The van der Waals surface area contributed by atoms with Gasteiger partial charge in [0.25, 0.3) is 0 Å². The lowest BCUT2D eigenvalue weighted by molar-refractivity contribution is -0.138. The van der Waals surface area contributed by atoms with Crippen LogP contribution in [-0.4, -0.2) is 32.5 Å². The molecule has 1 aliphatic carbocycles. The van der Waals surface area contributed by atoms with Crippen molar-refractivity contribution in [3.05, 3.63) is 64.6 Å². The monoisotopic (exact) mass is 434 g/mol. The minimum atomic E-state index is -4.38. The fourth-order valence-electron chi connectivity index (χ4n) is 5.27. The van der Waals surface area contributed by atoms with Gasteiger partial charge in [-0.3, -0.25) is 4.79 Å². The largest absolute Gasteiger partial charge is 0.416 e. The van der Waals surface area contributed by atoms with E-state index < -0.39 is 11.7 Å². The lowest BCUT2D eigenvalue weighted by Gasteiger charge is -2.25. The zero-order valence-corrected chi connectivity index (χ0v) is 16.5. The van der Waals surface area contributed by atoms with E-state index in [0.717, 1.165) is 12.5 Å². The minimum absolute atomic E-state index is 0.0434. The van der Waals surface area contributed by atoms with Gasteiger partial charge in [-0.25, -0.2) is 9.50 Å². The number of carbonyl (C=O) groups excluding carboxylic acids is 1. The molecular weight excluding hydrogens is 417 g/mol. The second kappa shape index (κ2) is 6.97. The smallest absolute Gasteiger partial charge is 0.336 e. The van der Waals surface area contributed by atoms with E-state index in [0.29, 0.717) is 41.4 Å². The molecule has 2 fully saturated rings. The van der Waals surface area contributed by atoms with Crippen molar-refractivity contribution < 1.29 is 18.0 Å². The number of benzene rings is 1. The molecule has 2 aliphatic rings. The number of rotatable bonds is 3. The van der Waals surface area contributed by atoms with Gasteiger partial charge in [0.2, 0.25) is 6.41 Å². The normalized spacial score (nSPS) is 26.3. The molecule has 4 atom stereocenters. The number of alkyl halides is 3. The van der Waals surface area contributed by atoms with Crippen LogP contribution in [0.5, 0.6) is 0 Å². The number of aromatic nitrogens is 3. The van der Waals surface area contributed by atoms with Gasteiger partial charge in [-0.15, -0.1) is 0 Å². The van der Waals surface area contributed by atoms with Crippen LogP contribution in [0.1, 0.15) is 41.6 Å². The summed E-state index contributed by atoms with van der Waals surface area (Å²) in [6, 6.07) is 8.92. The van der Waals surface area contributed by atoms with Crippen LogP contribution in [0.25, 0.3) is 5.65 Å². The van der Waals surface area contributed by atoms with E-state index in [-0.39, 0.29) is 23.8 Å². The summed E-state index contributed by atoms with van der Waals surface area (Å²) in [4.78, 5) is 18.1. The highest BCUT2D eigenvalue weighted by molar-refractivity contribution is 6.29. The van der Waals surface area contributed by atoms with E-state index >= 15 is 0 Å². The molecule has 1 aromatic carbocycles. The van der Waals surface area contributed by atoms with Crippen molar-refractivity contribution in [3.8, 4) is 0 Å². The molecule has 0 N–H and O–H groups in total. The zero-order chi connectivity index (χ0) is 21.0. The van der Waals surface area contributed by atoms with E-state index in [1.165, 1.54) is 6.07 Å². The Kier molecular flexibility index (Phi) is 4.50. The van der Waals surface area contributed by atoms with Crippen molar-refractivity contribution in [1.82, 2.24) is 19.5 Å². The zero-order valence-electron chi connectivity index (χ0n) is 15.8. The van der Waals surface area contributed by atoms with Crippen LogP contribution < -0.4 is 0 Å². The predicted octanol–water partition coefficient (Wildman–Crippen LogP) is 4.72. The number of amides is 1. The third-order valence-electron chi connectivity index (χ3n) is 6.41. The fourth-order valence-corrected chi connectivity index (χ4v) is 5.41. The van der Waals surface area contributed by atoms with Gasteiger partial charge in [-0.2, -0.15) is 18.3 Å². The first-order valence-corrected chi connectivity index (χ1v) is 10.1. The van der Waals surface area contributed by atoms with Gasteiger partial charge >= 0.3 is 6.18 Å². The molecule has 30 heavy (non-hydrogen) atoms. The maximum Gasteiger partial charge on any atom is 0.416 e. The van der Waals surface area contributed by atoms with Crippen LogP contribution in [0.3, 0.4) is 0 Å². The van der Waals surface area contributed by atoms with Gasteiger partial charge in [0.1, 0.15) is 5.15 Å². The van der Waals surface area contributed by atoms with Crippen LogP contribution in [0.4, 0.5) is 13.2 Å². The fraction of sp³-hybridized carbons (Fsp3) is 0.381. The molecule has 5 rings (SSSR count). The molecule has 0 spiro atoms. The Bertz CT molecular complexity index is 1120. The highest BCUT2D eigenvalue weighted by Crippen LogP contribution is 2.54. The van der Waals surface area contributed by atoms with Crippen molar-refractivity contribution in [3.63, 3.8) is 0 Å². The average molecular weight is 435 g/mol. The first-order chi connectivity index (χ1) is 14.3. The number of nitrogens with zero attached hydrogens (tertiary/aromatic N) is 4. The Balaban J connectivity index is 1.49. The highest BCUT2D eigenvalue weighted by Gasteiger charge is 2.50. The number of imidazole rings is 1. The summed E-state index contributed by atoms with van der Waals surface area (Å²) in [7, 11) is 0. The van der Waals surface area contributed by atoms with Gasteiger partial charge in [0, 0.05) is 6.54 Å². The van der Waals surface area contributed by atoms with Crippen molar-refractivity contribution in [2.45, 2.75) is 31.0 Å². The number of likely N-dealkylation sites (tertiary alicyclic amines) is 1. The molecule has 1 unspecified atom stereocenters. The standard InChI is InChI=1S/C21H18ClF3N4O/c22-18-5-6-19-26-17(10-29(19)27-18)20-15-8-12(7-13(15)9-28(20)11-30)14-3-1-2-4-16(14)21(23,24)25/h1-6,10-13,15,20H,7-9H2/t12-,13+,15+,20?/m1/s1. The highest BCUT2D eigenvalue weighted by atomic mass is 35.5. The quantitative estimate of drug-likeness (QED) is 0.560. The van der Waals surface area contributed by atoms with Crippen LogP contribution in [-0.2, 0) is 11.0 Å². The molecule has 1 saturated heterocycles. The summed E-state index contributed by atoms with van der Waals surface area (Å²) in [6.45, 7) is 0.519. The number of hydrogen-bond acceptors (Lipinski definition) is 3. The molecule has 156 valence electrons. The second-order valence-electron chi connectivity index (χ2n) is 8.05. The number of halogens is 4. The number of hydrogen-bond donors (Lipinski definition) is 0. The molecular formula is C21H18ClF3N4O. The van der Waals surface area contributed by atoms with E-state index in [9.17, 15) is 18.0 Å². The molecule has 1 saturated carbocycles. The molecule has 0 bridgehead atoms. The van der Waals surface area contributed by atoms with Crippen LogP contribution in [0, 0.1) is 11.8 Å². The summed E-state index contributed by atoms with van der Waals surface area (Å²) < 4.78 is 42.1. The first kappa shape index (κ1) is 19.4. The van der Waals surface area contributed by atoms with Crippen molar-refractivity contribution >= 4 is 23.7 Å². The molecule has 1 amide bonds. The Morgan fingerprint density at radius 1 is 1.13 bits per heavy atom.